The molecular formula is C20H23BN2O7-2. The lowest BCUT2D eigenvalue weighted by Crippen LogP contribution is -2.56. The van der Waals surface area contributed by atoms with Gasteiger partial charge in [-0.2, -0.15) is 0 Å². The molecule has 3 heterocycles. The van der Waals surface area contributed by atoms with Gasteiger partial charge in [-0.25, -0.2) is 0 Å². The fourth-order valence-corrected chi connectivity index (χ4v) is 3.51. The van der Waals surface area contributed by atoms with E-state index in [4.69, 9.17) is 9.39 Å². The van der Waals surface area contributed by atoms with Crippen molar-refractivity contribution in [3.8, 4) is 11.5 Å². The van der Waals surface area contributed by atoms with Gasteiger partial charge < -0.3 is 34.2 Å². The van der Waals surface area contributed by atoms with Gasteiger partial charge in [-0.15, -0.1) is 0 Å². The van der Waals surface area contributed by atoms with Crippen molar-refractivity contribution in [1.82, 2.24) is 9.88 Å². The lowest BCUT2D eigenvalue weighted by molar-refractivity contribution is -0.255. The van der Waals surface area contributed by atoms with Crippen molar-refractivity contribution >= 4 is 18.6 Å². The number of aromatic carboxylic acids is 1. The van der Waals surface area contributed by atoms with Crippen LogP contribution in [0.3, 0.4) is 0 Å². The van der Waals surface area contributed by atoms with E-state index in [9.17, 15) is 24.7 Å². The Morgan fingerprint density at radius 2 is 2.07 bits per heavy atom. The zero-order valence-corrected chi connectivity index (χ0v) is 15.5. The van der Waals surface area contributed by atoms with Gasteiger partial charge in [0, 0.05) is 12.4 Å². The fourth-order valence-electron chi connectivity index (χ4n) is 3.51. The number of pyridine rings is 1. The van der Waals surface area contributed by atoms with E-state index in [1.54, 1.807) is 29.4 Å². The Kier molecular flexibility index (Phi) is 6.00. The first-order chi connectivity index (χ1) is 13.8. The highest BCUT2D eigenvalue weighted by molar-refractivity contribution is 6.59. The molecule has 10 heteroatoms. The normalized spacial score (nSPS) is 17.1. The van der Waals surface area contributed by atoms with Crippen molar-refractivity contribution in [2.45, 2.75) is 32.7 Å². The largest absolute Gasteiger partial charge is 0.669 e. The molecule has 1 fully saturated rings. The molecule has 0 aliphatic carbocycles. The summed E-state index contributed by atoms with van der Waals surface area (Å²) in [6.07, 6.45) is 3.37. The minimum Gasteiger partial charge on any atom is -0.669 e. The topological polar surface area (TPSA) is 132 Å². The molecule has 0 bridgehead atoms. The predicted octanol–water partition coefficient (Wildman–Crippen LogP) is -0.228. The minimum absolute atomic E-state index is 0. The standard InChI is InChI=1S/C19H20BN2O7.CH4/c23-16(8-12-2-1-7-21-9-12)22-10-14(11-22)28-15-4-3-13-5-6-20(26,27)29-18(13)17(15)19(24)25;/h1-4,7,9,14,26-27H,5-6,8,10-11H2,(H,24,25);1H4/q-1;/p-1. The van der Waals surface area contributed by atoms with Crippen LogP contribution < -0.4 is 14.5 Å². The van der Waals surface area contributed by atoms with Crippen LogP contribution in [-0.2, 0) is 17.6 Å². The van der Waals surface area contributed by atoms with E-state index < -0.39 is 12.7 Å². The van der Waals surface area contributed by atoms with Crippen LogP contribution in [0.25, 0.3) is 0 Å². The van der Waals surface area contributed by atoms with Crippen molar-refractivity contribution in [3.05, 3.63) is 53.3 Å². The maximum atomic E-state index is 12.3. The fraction of sp³-hybridized carbons (Fsp3) is 0.350. The van der Waals surface area contributed by atoms with Crippen LogP contribution in [-0.4, -0.2) is 57.8 Å². The molecule has 30 heavy (non-hydrogen) atoms. The second-order valence-corrected chi connectivity index (χ2v) is 7.31. The number of hydrogen-bond donors (Lipinski definition) is 2. The molecule has 1 saturated heterocycles. The predicted molar refractivity (Wildman–Crippen MR) is 106 cm³/mol. The van der Waals surface area contributed by atoms with E-state index in [2.05, 4.69) is 4.98 Å². The van der Waals surface area contributed by atoms with Crippen LogP contribution in [0.15, 0.2) is 36.7 Å². The number of fused-ring (bicyclic) bond motifs is 1. The summed E-state index contributed by atoms with van der Waals surface area (Å²) in [6.45, 7) is -2.48. The first-order valence-electron chi connectivity index (χ1n) is 9.32. The van der Waals surface area contributed by atoms with Crippen LogP contribution in [0.4, 0.5) is 0 Å². The van der Waals surface area contributed by atoms with Crippen LogP contribution >= 0.6 is 0 Å². The monoisotopic (exact) mass is 414 g/mol. The highest BCUT2D eigenvalue weighted by Crippen LogP contribution is 2.38. The second-order valence-electron chi connectivity index (χ2n) is 7.31. The SMILES string of the molecule is C.O=C([O-])c1c(OC2CN(C(=O)Cc3cccnc3)C2)ccc2c1O[B-](O)(O)CC2. The summed E-state index contributed by atoms with van der Waals surface area (Å²) in [6, 6.07) is 6.72. The number of carboxylic acid groups (broad SMARTS) is 1. The third-order valence-corrected chi connectivity index (χ3v) is 5.07. The Morgan fingerprint density at radius 3 is 2.73 bits per heavy atom. The summed E-state index contributed by atoms with van der Waals surface area (Å²) in [5.74, 6) is -1.72. The van der Waals surface area contributed by atoms with Crippen LogP contribution in [0.2, 0.25) is 6.32 Å². The number of likely N-dealkylation sites (tertiary alicyclic amines) is 1. The lowest BCUT2D eigenvalue weighted by atomic mass is 9.70. The van der Waals surface area contributed by atoms with E-state index in [-0.39, 0.29) is 55.7 Å². The molecule has 0 unspecified atom stereocenters. The number of carboxylic acids is 1. The van der Waals surface area contributed by atoms with E-state index in [0.717, 1.165) is 5.56 Å². The summed E-state index contributed by atoms with van der Waals surface area (Å²) in [5, 5.41) is 31.2. The summed E-state index contributed by atoms with van der Waals surface area (Å²) >= 11 is 0. The zero-order valence-electron chi connectivity index (χ0n) is 15.5. The molecule has 0 radical (unpaired) electrons. The minimum atomic E-state index is -3.12. The number of nitrogens with zero attached hydrogens (tertiary/aromatic N) is 2. The quantitative estimate of drug-likeness (QED) is 0.642. The Hall–Kier alpha value is -3.11. The van der Waals surface area contributed by atoms with Gasteiger partial charge in [-0.3, -0.25) is 9.78 Å². The first-order valence-corrected chi connectivity index (χ1v) is 9.32. The zero-order chi connectivity index (χ0) is 20.6. The third-order valence-electron chi connectivity index (χ3n) is 5.07. The molecule has 1 amide bonds. The summed E-state index contributed by atoms with van der Waals surface area (Å²) in [4.78, 5) is 29.6. The number of ether oxygens (including phenoxy) is 1. The van der Waals surface area contributed by atoms with Crippen molar-refractivity contribution < 1.29 is 34.1 Å². The molecular weight excluding hydrogens is 391 g/mol. The van der Waals surface area contributed by atoms with Crippen LogP contribution in [0.5, 0.6) is 11.5 Å². The smallest absolute Gasteiger partial charge is 0.430 e. The molecule has 1 aromatic carbocycles. The molecule has 2 aliphatic heterocycles. The first kappa shape index (κ1) is 21.6. The average Bonchev–Trinajstić information content (AvgIpc) is 2.63. The third kappa shape index (κ3) is 4.39. The average molecular weight is 414 g/mol. The van der Waals surface area contributed by atoms with Gasteiger partial charge >= 0.3 is 6.75 Å². The Morgan fingerprint density at radius 1 is 1.30 bits per heavy atom. The maximum Gasteiger partial charge on any atom is 0.430 e. The number of rotatable bonds is 5. The summed E-state index contributed by atoms with van der Waals surface area (Å²) < 4.78 is 10.9. The van der Waals surface area contributed by atoms with Gasteiger partial charge in [0.25, 0.3) is 0 Å². The number of aromatic nitrogens is 1. The Labute approximate surface area is 173 Å². The van der Waals surface area contributed by atoms with Gasteiger partial charge in [0.15, 0.2) is 0 Å². The van der Waals surface area contributed by atoms with E-state index in [0.29, 0.717) is 18.7 Å². The number of benzene rings is 1. The molecule has 0 saturated carbocycles. The van der Waals surface area contributed by atoms with Gasteiger partial charge in [0.1, 0.15) is 11.9 Å². The molecule has 0 atom stereocenters. The number of carbonyl (C=O) groups is 2. The molecule has 4 rings (SSSR count). The Bertz CT molecular complexity index is 946. The van der Waals surface area contributed by atoms with Crippen LogP contribution in [0, 0.1) is 0 Å². The molecule has 160 valence electrons. The molecule has 2 aromatic rings. The van der Waals surface area contributed by atoms with Crippen molar-refractivity contribution in [2.24, 2.45) is 0 Å². The van der Waals surface area contributed by atoms with Crippen molar-refractivity contribution in [2.75, 3.05) is 13.1 Å². The molecule has 2 N–H and O–H groups in total. The van der Waals surface area contributed by atoms with Crippen molar-refractivity contribution in [3.63, 3.8) is 0 Å². The summed E-state index contributed by atoms with van der Waals surface area (Å²) in [5.41, 5.74) is 1.00. The van der Waals surface area contributed by atoms with Crippen molar-refractivity contribution in [1.29, 1.82) is 0 Å². The maximum absolute atomic E-state index is 12.3. The summed E-state index contributed by atoms with van der Waals surface area (Å²) in [7, 11) is 0. The van der Waals surface area contributed by atoms with Gasteiger partial charge in [-0.05, 0) is 29.7 Å². The van der Waals surface area contributed by atoms with Gasteiger partial charge in [0.05, 0.1) is 36.8 Å². The lowest BCUT2D eigenvalue weighted by Gasteiger charge is -2.41. The molecule has 0 spiro atoms. The second kappa shape index (κ2) is 8.33. The number of carbonyl (C=O) groups excluding carboxylic acids is 2. The number of hydrogen-bond acceptors (Lipinski definition) is 8. The van der Waals surface area contributed by atoms with E-state index in [1.165, 1.54) is 6.07 Å². The van der Waals surface area contributed by atoms with E-state index in [1.807, 2.05) is 6.07 Å². The molecule has 2 aliphatic rings. The highest BCUT2D eigenvalue weighted by atomic mass is 16.6. The Balaban J connectivity index is 0.00000256. The molecule has 1 aromatic heterocycles. The number of amides is 1. The highest BCUT2D eigenvalue weighted by Gasteiger charge is 2.35. The van der Waals surface area contributed by atoms with Gasteiger partial charge in [-0.1, -0.05) is 25.9 Å². The van der Waals surface area contributed by atoms with E-state index >= 15 is 0 Å². The number of aryl methyl sites for hydroxylation is 1. The van der Waals surface area contributed by atoms with Crippen LogP contribution in [0.1, 0.15) is 28.9 Å². The molecule has 9 nitrogen and oxygen atoms in total. The van der Waals surface area contributed by atoms with Gasteiger partial charge in [0.2, 0.25) is 5.91 Å².